The largest absolute Gasteiger partial charge is 0.324 e. The summed E-state index contributed by atoms with van der Waals surface area (Å²) in [7, 11) is 0. The van der Waals surface area contributed by atoms with Crippen LogP contribution < -0.4 is 5.32 Å². The fourth-order valence-corrected chi connectivity index (χ4v) is 2.91. The van der Waals surface area contributed by atoms with E-state index < -0.39 is 6.04 Å². The van der Waals surface area contributed by atoms with Gasteiger partial charge in [0.25, 0.3) is 0 Å². The number of halogens is 1. The molecule has 1 heterocycles. The van der Waals surface area contributed by atoms with Crippen LogP contribution in [0.3, 0.4) is 0 Å². The molecule has 2 aromatic rings. The number of rotatable bonds is 3. The molecule has 3 rings (SSSR count). The standard InChI is InChI=1S/C19H19ClN2O/c1-3-12(2)17-19(23)21-16-11-14(20)9-10-15(16)18(22-17)13-7-5-4-6-8-13/h4-12,17H,3H2,1-2H3,(H,21,23)/t12?,17-/m0/s1. The molecule has 1 N–H and O–H groups in total. The normalized spacial score (nSPS) is 18.5. The molecule has 3 nitrogen and oxygen atoms in total. The first-order chi connectivity index (χ1) is 11.1. The fourth-order valence-electron chi connectivity index (χ4n) is 2.74. The maximum Gasteiger partial charge on any atom is 0.249 e. The molecule has 0 fully saturated rings. The lowest BCUT2D eigenvalue weighted by Gasteiger charge is -2.17. The zero-order chi connectivity index (χ0) is 16.4. The minimum Gasteiger partial charge on any atom is -0.324 e. The average Bonchev–Trinajstić information content (AvgIpc) is 2.70. The molecule has 1 aliphatic rings. The second kappa shape index (κ2) is 6.55. The van der Waals surface area contributed by atoms with E-state index in [9.17, 15) is 4.79 Å². The third-order valence-corrected chi connectivity index (χ3v) is 4.50. The third-order valence-electron chi connectivity index (χ3n) is 4.26. The van der Waals surface area contributed by atoms with Gasteiger partial charge in [0.15, 0.2) is 0 Å². The van der Waals surface area contributed by atoms with Crippen molar-refractivity contribution < 1.29 is 4.79 Å². The Labute approximate surface area is 141 Å². The lowest BCUT2D eigenvalue weighted by Crippen LogP contribution is -2.31. The highest BCUT2D eigenvalue weighted by atomic mass is 35.5. The Hall–Kier alpha value is -2.13. The molecule has 4 heteroatoms. The number of nitrogens with zero attached hydrogens (tertiary/aromatic N) is 1. The number of aliphatic imine (C=N–C) groups is 1. The Balaban J connectivity index is 2.19. The Morgan fingerprint density at radius 3 is 2.65 bits per heavy atom. The Morgan fingerprint density at radius 2 is 1.96 bits per heavy atom. The smallest absolute Gasteiger partial charge is 0.249 e. The quantitative estimate of drug-likeness (QED) is 0.883. The van der Waals surface area contributed by atoms with E-state index >= 15 is 0 Å². The number of benzene rings is 2. The minimum atomic E-state index is -0.401. The lowest BCUT2D eigenvalue weighted by molar-refractivity contribution is -0.118. The predicted octanol–water partition coefficient (Wildman–Crippen LogP) is 4.54. The first kappa shape index (κ1) is 15.8. The highest BCUT2D eigenvalue weighted by molar-refractivity contribution is 6.31. The molecule has 0 aromatic heterocycles. The number of hydrogen-bond acceptors (Lipinski definition) is 2. The number of carbonyl (C=O) groups excluding carboxylic acids is 1. The van der Waals surface area contributed by atoms with E-state index in [1.54, 1.807) is 6.07 Å². The first-order valence-corrected chi connectivity index (χ1v) is 8.22. The summed E-state index contributed by atoms with van der Waals surface area (Å²) in [6, 6.07) is 15.1. The highest BCUT2D eigenvalue weighted by Gasteiger charge is 2.29. The zero-order valence-electron chi connectivity index (χ0n) is 13.2. The van der Waals surface area contributed by atoms with Gasteiger partial charge in [-0.1, -0.05) is 62.2 Å². The lowest BCUT2D eigenvalue weighted by atomic mass is 9.98. The van der Waals surface area contributed by atoms with Crippen LogP contribution in [0.1, 0.15) is 31.4 Å². The van der Waals surface area contributed by atoms with Crippen LogP contribution in [0, 0.1) is 5.92 Å². The fraction of sp³-hybridized carbons (Fsp3) is 0.263. The summed E-state index contributed by atoms with van der Waals surface area (Å²) in [6.07, 6.45) is 0.890. The van der Waals surface area contributed by atoms with Crippen molar-refractivity contribution in [3.63, 3.8) is 0 Å². The van der Waals surface area contributed by atoms with Crippen molar-refractivity contribution in [2.75, 3.05) is 5.32 Å². The number of hydrogen-bond donors (Lipinski definition) is 1. The number of anilines is 1. The molecule has 0 saturated carbocycles. The molecule has 1 amide bonds. The molecular formula is C19H19ClN2O. The number of amides is 1. The van der Waals surface area contributed by atoms with Gasteiger partial charge in [0.2, 0.25) is 5.91 Å². The van der Waals surface area contributed by atoms with Crippen LogP contribution in [0.25, 0.3) is 0 Å². The Kier molecular flexibility index (Phi) is 4.49. The van der Waals surface area contributed by atoms with Crippen LogP contribution >= 0.6 is 11.6 Å². The van der Waals surface area contributed by atoms with Crippen LogP contribution in [0.15, 0.2) is 53.5 Å². The molecule has 0 bridgehead atoms. The molecular weight excluding hydrogens is 308 g/mol. The van der Waals surface area contributed by atoms with Crippen molar-refractivity contribution in [2.24, 2.45) is 10.9 Å². The van der Waals surface area contributed by atoms with Gasteiger partial charge in [-0.3, -0.25) is 9.79 Å². The van der Waals surface area contributed by atoms with Crippen molar-refractivity contribution in [3.05, 3.63) is 64.7 Å². The third kappa shape index (κ3) is 3.15. The molecule has 0 aliphatic carbocycles. The second-order valence-corrected chi connectivity index (χ2v) is 6.29. The van der Waals surface area contributed by atoms with Crippen LogP contribution in [-0.2, 0) is 4.79 Å². The maximum atomic E-state index is 12.6. The summed E-state index contributed by atoms with van der Waals surface area (Å²) in [5.74, 6) is 0.0901. The maximum absolute atomic E-state index is 12.6. The number of fused-ring (bicyclic) bond motifs is 1. The molecule has 0 radical (unpaired) electrons. The summed E-state index contributed by atoms with van der Waals surface area (Å²) in [5, 5.41) is 3.59. The van der Waals surface area contributed by atoms with E-state index in [4.69, 9.17) is 16.6 Å². The van der Waals surface area contributed by atoms with Crippen LogP contribution in [0.4, 0.5) is 5.69 Å². The van der Waals surface area contributed by atoms with Crippen molar-refractivity contribution in [1.82, 2.24) is 0 Å². The summed E-state index contributed by atoms with van der Waals surface area (Å²) < 4.78 is 0. The summed E-state index contributed by atoms with van der Waals surface area (Å²) in [6.45, 7) is 4.13. The van der Waals surface area contributed by atoms with Gasteiger partial charge in [0.05, 0.1) is 11.4 Å². The minimum absolute atomic E-state index is 0.0752. The number of benzodiazepines with no additional fused rings is 1. The highest BCUT2D eigenvalue weighted by Crippen LogP contribution is 2.29. The van der Waals surface area contributed by atoms with E-state index in [2.05, 4.69) is 19.2 Å². The van der Waals surface area contributed by atoms with Gasteiger partial charge in [-0.2, -0.15) is 0 Å². The molecule has 23 heavy (non-hydrogen) atoms. The van der Waals surface area contributed by atoms with Gasteiger partial charge in [-0.05, 0) is 24.1 Å². The first-order valence-electron chi connectivity index (χ1n) is 7.84. The monoisotopic (exact) mass is 326 g/mol. The van der Waals surface area contributed by atoms with E-state index in [1.165, 1.54) is 0 Å². The van der Waals surface area contributed by atoms with E-state index in [0.29, 0.717) is 5.02 Å². The predicted molar refractivity (Wildman–Crippen MR) is 95.4 cm³/mol. The van der Waals surface area contributed by atoms with Crippen molar-refractivity contribution in [3.8, 4) is 0 Å². The summed E-state index contributed by atoms with van der Waals surface area (Å²) in [5.41, 5.74) is 3.46. The SMILES string of the molecule is CCC(C)[C@@H]1N=C(c2ccccc2)c2ccc(Cl)cc2NC1=O. The molecule has 0 spiro atoms. The van der Waals surface area contributed by atoms with Crippen molar-refractivity contribution >= 4 is 28.9 Å². The molecule has 0 saturated heterocycles. The zero-order valence-corrected chi connectivity index (χ0v) is 14.0. The number of nitrogens with one attached hydrogen (secondary N) is 1. The van der Waals surface area contributed by atoms with Crippen molar-refractivity contribution in [2.45, 2.75) is 26.3 Å². The van der Waals surface area contributed by atoms with Gasteiger partial charge in [0, 0.05) is 16.1 Å². The van der Waals surface area contributed by atoms with Crippen LogP contribution in [0.5, 0.6) is 0 Å². The second-order valence-electron chi connectivity index (χ2n) is 5.85. The van der Waals surface area contributed by atoms with Gasteiger partial charge in [0.1, 0.15) is 6.04 Å². The van der Waals surface area contributed by atoms with Crippen molar-refractivity contribution in [1.29, 1.82) is 0 Å². The Bertz CT molecular complexity index is 755. The topological polar surface area (TPSA) is 41.5 Å². The summed E-state index contributed by atoms with van der Waals surface area (Å²) >= 11 is 6.11. The molecule has 1 unspecified atom stereocenters. The van der Waals surface area contributed by atoms with E-state index in [0.717, 1.165) is 28.9 Å². The Morgan fingerprint density at radius 1 is 1.22 bits per heavy atom. The molecule has 118 valence electrons. The van der Waals surface area contributed by atoms with Gasteiger partial charge in [-0.25, -0.2) is 0 Å². The number of carbonyl (C=O) groups is 1. The van der Waals surface area contributed by atoms with Crippen LogP contribution in [0.2, 0.25) is 5.02 Å². The summed E-state index contributed by atoms with van der Waals surface area (Å²) in [4.78, 5) is 17.4. The van der Waals surface area contributed by atoms with Gasteiger partial charge < -0.3 is 5.32 Å². The molecule has 1 aliphatic heterocycles. The van der Waals surface area contributed by atoms with E-state index in [1.807, 2.05) is 42.5 Å². The van der Waals surface area contributed by atoms with Gasteiger partial charge >= 0.3 is 0 Å². The molecule has 2 aromatic carbocycles. The van der Waals surface area contributed by atoms with Gasteiger partial charge in [-0.15, -0.1) is 0 Å². The molecule has 2 atom stereocenters. The van der Waals surface area contributed by atoms with Crippen LogP contribution in [-0.4, -0.2) is 17.7 Å². The van der Waals surface area contributed by atoms with E-state index in [-0.39, 0.29) is 11.8 Å². The average molecular weight is 327 g/mol.